The molecule has 2 rings (SSSR count). The number of hydrogen-bond donors (Lipinski definition) is 1. The van der Waals surface area contributed by atoms with Gasteiger partial charge in [0.05, 0.1) is 6.04 Å². The van der Waals surface area contributed by atoms with Gasteiger partial charge in [0.15, 0.2) is 6.10 Å². The van der Waals surface area contributed by atoms with Crippen molar-refractivity contribution < 1.29 is 14.3 Å². The lowest BCUT2D eigenvalue weighted by Crippen LogP contribution is -2.43. The molecule has 0 aromatic heterocycles. The molecule has 5 heteroatoms. The summed E-state index contributed by atoms with van der Waals surface area (Å²) >= 11 is 3.37. The number of rotatable bonds is 7. The van der Waals surface area contributed by atoms with E-state index in [1.807, 2.05) is 62.4 Å². The van der Waals surface area contributed by atoms with E-state index in [0.29, 0.717) is 12.4 Å². The van der Waals surface area contributed by atoms with Crippen LogP contribution in [0.2, 0.25) is 0 Å². The van der Waals surface area contributed by atoms with Crippen LogP contribution in [0.1, 0.15) is 19.4 Å². The lowest BCUT2D eigenvalue weighted by Gasteiger charge is -2.19. The van der Waals surface area contributed by atoms with E-state index >= 15 is 0 Å². The minimum absolute atomic E-state index is 0.118. The van der Waals surface area contributed by atoms with Crippen LogP contribution in [0.5, 0.6) is 11.5 Å². The van der Waals surface area contributed by atoms with E-state index in [4.69, 9.17) is 9.47 Å². The summed E-state index contributed by atoms with van der Waals surface area (Å²) in [6.45, 7) is 6.03. The first-order chi connectivity index (χ1) is 11.5. The predicted octanol–water partition coefficient (Wildman–Crippen LogP) is 4.11. The Morgan fingerprint density at radius 3 is 2.46 bits per heavy atom. The van der Waals surface area contributed by atoms with Gasteiger partial charge in [0.25, 0.3) is 5.91 Å². The lowest BCUT2D eigenvalue weighted by molar-refractivity contribution is -0.128. The first kappa shape index (κ1) is 18.3. The normalized spacial score (nSPS) is 13.0. The van der Waals surface area contributed by atoms with Gasteiger partial charge >= 0.3 is 0 Å². The van der Waals surface area contributed by atoms with Gasteiger partial charge in [0, 0.05) is 4.47 Å². The summed E-state index contributed by atoms with van der Waals surface area (Å²) in [5, 5.41) is 2.90. The standard InChI is InChI=1S/C19H22BrNO3/c1-13-6-4-5-7-18(13)23-12-14(2)21-19(22)15(3)24-17-10-8-16(20)9-11-17/h4-11,14-15H,12H2,1-3H3,(H,21,22)/t14-,15-/m0/s1. The van der Waals surface area contributed by atoms with Gasteiger partial charge in [-0.3, -0.25) is 4.79 Å². The highest BCUT2D eigenvalue weighted by Crippen LogP contribution is 2.18. The molecule has 0 aliphatic rings. The predicted molar refractivity (Wildman–Crippen MR) is 98.5 cm³/mol. The second kappa shape index (κ2) is 8.73. The molecule has 2 aromatic carbocycles. The quantitative estimate of drug-likeness (QED) is 0.772. The molecule has 2 atom stereocenters. The van der Waals surface area contributed by atoms with Gasteiger partial charge in [-0.2, -0.15) is 0 Å². The molecule has 24 heavy (non-hydrogen) atoms. The van der Waals surface area contributed by atoms with Gasteiger partial charge in [0.1, 0.15) is 18.1 Å². The number of benzene rings is 2. The van der Waals surface area contributed by atoms with Gasteiger partial charge in [0.2, 0.25) is 0 Å². The van der Waals surface area contributed by atoms with Crippen molar-refractivity contribution in [2.75, 3.05) is 6.61 Å². The molecule has 0 unspecified atom stereocenters. The molecule has 4 nitrogen and oxygen atoms in total. The molecule has 0 aliphatic heterocycles. The number of hydrogen-bond acceptors (Lipinski definition) is 3. The van der Waals surface area contributed by atoms with Crippen molar-refractivity contribution in [3.63, 3.8) is 0 Å². The molecule has 0 radical (unpaired) electrons. The summed E-state index contributed by atoms with van der Waals surface area (Å²) < 4.78 is 12.4. The maximum absolute atomic E-state index is 12.2. The molecule has 0 bridgehead atoms. The molecule has 0 fully saturated rings. The first-order valence-electron chi connectivity index (χ1n) is 7.86. The maximum atomic E-state index is 12.2. The molecule has 1 amide bonds. The van der Waals surface area contributed by atoms with Crippen LogP contribution < -0.4 is 14.8 Å². The van der Waals surface area contributed by atoms with Crippen LogP contribution in [0.4, 0.5) is 0 Å². The van der Waals surface area contributed by atoms with Crippen LogP contribution in [-0.2, 0) is 4.79 Å². The molecular formula is C19H22BrNO3. The van der Waals surface area contributed by atoms with Crippen molar-refractivity contribution in [2.24, 2.45) is 0 Å². The van der Waals surface area contributed by atoms with Crippen LogP contribution in [0, 0.1) is 6.92 Å². The monoisotopic (exact) mass is 391 g/mol. The zero-order valence-corrected chi connectivity index (χ0v) is 15.7. The Balaban J connectivity index is 1.80. The van der Waals surface area contributed by atoms with Crippen molar-refractivity contribution in [1.29, 1.82) is 0 Å². The Morgan fingerprint density at radius 1 is 1.12 bits per heavy atom. The fourth-order valence-corrected chi connectivity index (χ4v) is 2.37. The van der Waals surface area contributed by atoms with Crippen molar-refractivity contribution in [3.8, 4) is 11.5 Å². The number of aryl methyl sites for hydroxylation is 1. The third-order valence-electron chi connectivity index (χ3n) is 3.47. The summed E-state index contributed by atoms with van der Waals surface area (Å²) in [5.41, 5.74) is 1.07. The lowest BCUT2D eigenvalue weighted by atomic mass is 10.2. The van der Waals surface area contributed by atoms with E-state index in [-0.39, 0.29) is 11.9 Å². The number of amides is 1. The Bertz CT molecular complexity index is 673. The highest BCUT2D eigenvalue weighted by atomic mass is 79.9. The van der Waals surface area contributed by atoms with Crippen molar-refractivity contribution in [3.05, 3.63) is 58.6 Å². The van der Waals surface area contributed by atoms with E-state index in [9.17, 15) is 4.79 Å². The zero-order valence-electron chi connectivity index (χ0n) is 14.1. The Labute approximate surface area is 151 Å². The maximum Gasteiger partial charge on any atom is 0.261 e. The van der Waals surface area contributed by atoms with Crippen LogP contribution in [0.15, 0.2) is 53.0 Å². The molecule has 128 valence electrons. The third kappa shape index (κ3) is 5.57. The SMILES string of the molecule is Cc1ccccc1OC[C@H](C)NC(=O)[C@H](C)Oc1ccc(Br)cc1. The third-order valence-corrected chi connectivity index (χ3v) is 4.00. The molecule has 1 N–H and O–H groups in total. The smallest absolute Gasteiger partial charge is 0.261 e. The van der Waals surface area contributed by atoms with Gasteiger partial charge in [-0.15, -0.1) is 0 Å². The van der Waals surface area contributed by atoms with Gasteiger partial charge in [-0.1, -0.05) is 34.1 Å². The van der Waals surface area contributed by atoms with Gasteiger partial charge in [-0.25, -0.2) is 0 Å². The van der Waals surface area contributed by atoms with Crippen LogP contribution >= 0.6 is 15.9 Å². The number of carbonyl (C=O) groups is 1. The Hall–Kier alpha value is -2.01. The molecule has 0 saturated carbocycles. The molecule has 0 saturated heterocycles. The van der Waals surface area contributed by atoms with Crippen LogP contribution in [-0.4, -0.2) is 24.7 Å². The average molecular weight is 392 g/mol. The van der Waals surface area contributed by atoms with E-state index < -0.39 is 6.10 Å². The van der Waals surface area contributed by atoms with Gasteiger partial charge < -0.3 is 14.8 Å². The number of nitrogens with one attached hydrogen (secondary N) is 1. The average Bonchev–Trinajstić information content (AvgIpc) is 2.56. The van der Waals surface area contributed by atoms with Crippen LogP contribution in [0.25, 0.3) is 0 Å². The minimum Gasteiger partial charge on any atom is -0.491 e. The fraction of sp³-hybridized carbons (Fsp3) is 0.316. The van der Waals surface area contributed by atoms with E-state index in [1.165, 1.54) is 0 Å². The number of halogens is 1. The number of para-hydroxylation sites is 1. The van der Waals surface area contributed by atoms with E-state index in [1.54, 1.807) is 6.92 Å². The van der Waals surface area contributed by atoms with E-state index in [0.717, 1.165) is 15.8 Å². The largest absolute Gasteiger partial charge is 0.491 e. The fourth-order valence-electron chi connectivity index (χ4n) is 2.11. The summed E-state index contributed by atoms with van der Waals surface area (Å²) in [6.07, 6.45) is -0.577. The minimum atomic E-state index is -0.577. The second-order valence-electron chi connectivity index (χ2n) is 5.70. The topological polar surface area (TPSA) is 47.6 Å². The summed E-state index contributed by atoms with van der Waals surface area (Å²) in [5.74, 6) is 1.32. The van der Waals surface area contributed by atoms with Gasteiger partial charge in [-0.05, 0) is 56.7 Å². The molecule has 2 aromatic rings. The first-order valence-corrected chi connectivity index (χ1v) is 8.66. The van der Waals surface area contributed by atoms with Crippen molar-refractivity contribution >= 4 is 21.8 Å². The molecule has 0 aliphatic carbocycles. The highest BCUT2D eigenvalue weighted by molar-refractivity contribution is 9.10. The molecular weight excluding hydrogens is 370 g/mol. The van der Waals surface area contributed by atoms with Crippen LogP contribution in [0.3, 0.4) is 0 Å². The highest BCUT2D eigenvalue weighted by Gasteiger charge is 2.17. The zero-order chi connectivity index (χ0) is 17.5. The summed E-state index contributed by atoms with van der Waals surface area (Å²) in [7, 11) is 0. The second-order valence-corrected chi connectivity index (χ2v) is 6.62. The van der Waals surface area contributed by atoms with E-state index in [2.05, 4.69) is 21.2 Å². The molecule has 0 spiro atoms. The Morgan fingerprint density at radius 2 is 1.79 bits per heavy atom. The summed E-state index contributed by atoms with van der Waals surface area (Å²) in [6, 6.07) is 15.1. The van der Waals surface area contributed by atoms with Crippen molar-refractivity contribution in [2.45, 2.75) is 32.9 Å². The number of carbonyl (C=O) groups excluding carboxylic acids is 1. The summed E-state index contributed by atoms with van der Waals surface area (Å²) in [4.78, 5) is 12.2. The Kier molecular flexibility index (Phi) is 6.67. The van der Waals surface area contributed by atoms with Crippen molar-refractivity contribution in [1.82, 2.24) is 5.32 Å². The number of ether oxygens (including phenoxy) is 2. The molecule has 0 heterocycles.